The Morgan fingerprint density at radius 1 is 1.11 bits per heavy atom. The summed E-state index contributed by atoms with van der Waals surface area (Å²) in [5.41, 5.74) is -1.41. The number of nitrogens with one attached hydrogen (secondary N) is 3. The van der Waals surface area contributed by atoms with Crippen LogP contribution in [-0.4, -0.2) is 60.9 Å². The number of benzene rings is 1. The molecule has 1 aromatic rings. The molecular weight excluding hydrogens is 518 g/mol. The van der Waals surface area contributed by atoms with E-state index in [-0.39, 0.29) is 31.3 Å². The largest absolute Gasteiger partial charge is 0.445 e. The molecule has 1 aromatic carbocycles. The van der Waals surface area contributed by atoms with Gasteiger partial charge >= 0.3 is 22.2 Å². The van der Waals surface area contributed by atoms with Crippen LogP contribution in [-0.2, 0) is 40.6 Å². The average molecular weight is 556 g/mol. The molecule has 1 saturated heterocycles. The number of esters is 1. The van der Waals surface area contributed by atoms with Crippen molar-refractivity contribution in [3.05, 3.63) is 35.9 Å². The molecule has 0 aromatic heterocycles. The first kappa shape index (κ1) is 31.0. The van der Waals surface area contributed by atoms with Crippen molar-refractivity contribution < 1.29 is 41.6 Å². The standard InChI is InChI=1S/C25H37N3O9S/c1-15(2)12-19(28-25(32)36-14-17-8-6-5-7-9-17)22(30)27-20(13-18-10-11-26-21(18)29)24(38(33,34)35)37-23(31)16(3)4/h5-9,15-16,18-20,24H,10-14H2,1-4H3,(H,26,29)(H,27,30)(H,28,32)(H,33,34,35)/t18-,19?,20?,24?/m0/s1. The van der Waals surface area contributed by atoms with Gasteiger partial charge < -0.3 is 25.4 Å². The van der Waals surface area contributed by atoms with Crippen molar-refractivity contribution in [3.63, 3.8) is 0 Å². The van der Waals surface area contributed by atoms with Crippen molar-refractivity contribution in [2.75, 3.05) is 6.54 Å². The highest BCUT2D eigenvalue weighted by molar-refractivity contribution is 7.86. The Bertz CT molecular complexity index is 1080. The fraction of sp³-hybridized carbons (Fsp3) is 0.600. The summed E-state index contributed by atoms with van der Waals surface area (Å²) in [6, 6.07) is 6.32. The van der Waals surface area contributed by atoms with Gasteiger partial charge in [-0.15, -0.1) is 0 Å². The van der Waals surface area contributed by atoms with Crippen LogP contribution in [0.15, 0.2) is 30.3 Å². The Morgan fingerprint density at radius 2 is 1.76 bits per heavy atom. The lowest BCUT2D eigenvalue weighted by atomic mass is 9.97. The van der Waals surface area contributed by atoms with Crippen molar-refractivity contribution in [3.8, 4) is 0 Å². The molecule has 0 radical (unpaired) electrons. The monoisotopic (exact) mass is 555 g/mol. The van der Waals surface area contributed by atoms with Crippen molar-refractivity contribution in [2.45, 2.75) is 71.1 Å². The van der Waals surface area contributed by atoms with E-state index in [4.69, 9.17) is 9.47 Å². The van der Waals surface area contributed by atoms with Gasteiger partial charge in [0, 0.05) is 12.5 Å². The molecule has 0 spiro atoms. The summed E-state index contributed by atoms with van der Waals surface area (Å²) in [7, 11) is -5.01. The van der Waals surface area contributed by atoms with E-state index in [1.165, 1.54) is 13.8 Å². The first-order valence-corrected chi connectivity index (χ1v) is 14.0. The molecule has 4 N–H and O–H groups in total. The van der Waals surface area contributed by atoms with Gasteiger partial charge in [0.05, 0.1) is 12.0 Å². The first-order chi connectivity index (χ1) is 17.8. The number of rotatable bonds is 13. The van der Waals surface area contributed by atoms with Crippen LogP contribution in [0.5, 0.6) is 0 Å². The highest BCUT2D eigenvalue weighted by atomic mass is 32.2. The van der Waals surface area contributed by atoms with Crippen LogP contribution in [0.25, 0.3) is 0 Å². The van der Waals surface area contributed by atoms with Gasteiger partial charge in [0.1, 0.15) is 12.6 Å². The minimum Gasteiger partial charge on any atom is -0.445 e. The predicted molar refractivity (Wildman–Crippen MR) is 137 cm³/mol. The van der Waals surface area contributed by atoms with Crippen LogP contribution in [0.4, 0.5) is 4.79 Å². The highest BCUT2D eigenvalue weighted by Crippen LogP contribution is 2.22. The second-order valence-electron chi connectivity index (χ2n) is 9.99. The molecule has 4 atom stereocenters. The molecule has 0 bridgehead atoms. The van der Waals surface area contributed by atoms with E-state index in [0.717, 1.165) is 5.56 Å². The van der Waals surface area contributed by atoms with Crippen LogP contribution in [0.1, 0.15) is 52.5 Å². The Balaban J connectivity index is 2.24. The van der Waals surface area contributed by atoms with Crippen LogP contribution >= 0.6 is 0 Å². The van der Waals surface area contributed by atoms with E-state index in [2.05, 4.69) is 16.0 Å². The maximum atomic E-state index is 13.3. The summed E-state index contributed by atoms with van der Waals surface area (Å²) in [5, 5.41) is 7.61. The number of hydrogen-bond acceptors (Lipinski definition) is 8. The zero-order chi connectivity index (χ0) is 28.5. The highest BCUT2D eigenvalue weighted by Gasteiger charge is 2.41. The minimum absolute atomic E-state index is 0.0297. The van der Waals surface area contributed by atoms with E-state index in [0.29, 0.717) is 13.0 Å². The Morgan fingerprint density at radius 3 is 2.29 bits per heavy atom. The fourth-order valence-corrected chi connectivity index (χ4v) is 4.72. The molecule has 1 aliphatic rings. The molecule has 1 fully saturated rings. The topological polar surface area (TPSA) is 177 Å². The van der Waals surface area contributed by atoms with Crippen LogP contribution in [0.3, 0.4) is 0 Å². The predicted octanol–water partition coefficient (Wildman–Crippen LogP) is 1.75. The quantitative estimate of drug-likeness (QED) is 0.208. The fourth-order valence-electron chi connectivity index (χ4n) is 3.91. The molecule has 13 heteroatoms. The summed E-state index contributed by atoms with van der Waals surface area (Å²) in [6.45, 7) is 6.93. The van der Waals surface area contributed by atoms with E-state index in [1.54, 1.807) is 24.3 Å². The van der Waals surface area contributed by atoms with Crippen LogP contribution in [0.2, 0.25) is 0 Å². The molecule has 1 aliphatic heterocycles. The number of carbonyl (C=O) groups excluding carboxylic acids is 4. The molecule has 2 rings (SSSR count). The first-order valence-electron chi connectivity index (χ1n) is 12.5. The van der Waals surface area contributed by atoms with Crippen LogP contribution in [0, 0.1) is 17.8 Å². The normalized spacial score (nSPS) is 17.9. The summed E-state index contributed by atoms with van der Waals surface area (Å²) in [5.74, 6) is -3.52. The summed E-state index contributed by atoms with van der Waals surface area (Å²) < 4.78 is 44.7. The van der Waals surface area contributed by atoms with Gasteiger partial charge in [-0.2, -0.15) is 8.42 Å². The third-order valence-electron chi connectivity index (χ3n) is 5.88. The molecule has 3 unspecified atom stereocenters. The number of amides is 3. The SMILES string of the molecule is CC(C)CC(NC(=O)OCc1ccccc1)C(=O)NC(C[C@@H]1CCNC1=O)C(OC(=O)C(C)C)S(=O)(=O)O. The summed E-state index contributed by atoms with van der Waals surface area (Å²) in [4.78, 5) is 50.2. The van der Waals surface area contributed by atoms with Gasteiger partial charge in [0.2, 0.25) is 17.3 Å². The van der Waals surface area contributed by atoms with E-state index >= 15 is 0 Å². The summed E-state index contributed by atoms with van der Waals surface area (Å²) in [6.07, 6.45) is -0.550. The number of carbonyl (C=O) groups is 4. The minimum atomic E-state index is -5.01. The molecule has 0 aliphatic carbocycles. The lowest BCUT2D eigenvalue weighted by Crippen LogP contribution is -2.56. The molecule has 1 heterocycles. The smallest absolute Gasteiger partial charge is 0.408 e. The molecule has 212 valence electrons. The zero-order valence-corrected chi connectivity index (χ0v) is 22.8. The van der Waals surface area contributed by atoms with Crippen LogP contribution < -0.4 is 16.0 Å². The molecule has 0 saturated carbocycles. The summed E-state index contributed by atoms with van der Waals surface area (Å²) >= 11 is 0. The number of hydrogen-bond donors (Lipinski definition) is 4. The molecule has 38 heavy (non-hydrogen) atoms. The van der Waals surface area contributed by atoms with Gasteiger partial charge in [0.15, 0.2) is 0 Å². The maximum absolute atomic E-state index is 13.3. The lowest BCUT2D eigenvalue weighted by Gasteiger charge is -2.29. The van der Waals surface area contributed by atoms with Gasteiger partial charge in [0.25, 0.3) is 0 Å². The number of alkyl carbamates (subject to hydrolysis) is 1. The van der Waals surface area contributed by atoms with Gasteiger partial charge in [-0.3, -0.25) is 18.9 Å². The Hall–Kier alpha value is -3.19. The zero-order valence-electron chi connectivity index (χ0n) is 22.0. The lowest BCUT2D eigenvalue weighted by molar-refractivity contribution is -0.151. The Labute approximate surface area is 223 Å². The van der Waals surface area contributed by atoms with Gasteiger partial charge in [-0.05, 0) is 30.7 Å². The van der Waals surface area contributed by atoms with Gasteiger partial charge in [-0.1, -0.05) is 58.0 Å². The van der Waals surface area contributed by atoms with Crippen molar-refractivity contribution in [1.82, 2.24) is 16.0 Å². The van der Waals surface area contributed by atoms with Gasteiger partial charge in [-0.25, -0.2) is 4.79 Å². The van der Waals surface area contributed by atoms with Crippen molar-refractivity contribution in [1.29, 1.82) is 0 Å². The number of ether oxygens (including phenoxy) is 2. The third-order valence-corrected chi connectivity index (χ3v) is 6.90. The van der Waals surface area contributed by atoms with Crippen molar-refractivity contribution in [2.24, 2.45) is 17.8 Å². The second-order valence-corrected chi connectivity index (χ2v) is 11.5. The maximum Gasteiger partial charge on any atom is 0.408 e. The van der Waals surface area contributed by atoms with Crippen molar-refractivity contribution >= 4 is 34.0 Å². The molecule has 3 amide bonds. The van der Waals surface area contributed by atoms with E-state index in [1.807, 2.05) is 19.9 Å². The van der Waals surface area contributed by atoms with E-state index in [9.17, 15) is 32.1 Å². The second kappa shape index (κ2) is 14.1. The van der Waals surface area contributed by atoms with E-state index < -0.39 is 57.4 Å². The average Bonchev–Trinajstić information content (AvgIpc) is 3.23. The Kier molecular flexibility index (Phi) is 11.5. The third kappa shape index (κ3) is 9.93. The molecular formula is C25H37N3O9S. The molecule has 12 nitrogen and oxygen atoms in total.